The average molecular weight is 419 g/mol. The molecule has 0 saturated carbocycles. The minimum absolute atomic E-state index is 0.00729. The highest BCUT2D eigenvalue weighted by molar-refractivity contribution is 7.89. The van der Waals surface area contributed by atoms with Crippen LogP contribution in [0.4, 0.5) is 5.69 Å². The molecule has 3 heterocycles. The van der Waals surface area contributed by atoms with Gasteiger partial charge in [-0.3, -0.25) is 9.20 Å². The number of sulfonamides is 1. The second-order valence-corrected chi connectivity index (χ2v) is 9.88. The molecular weight excluding hydrogens is 396 g/mol. The first kappa shape index (κ1) is 19.1. The molecular formula is C19H22N4O3S2. The van der Waals surface area contributed by atoms with Crippen molar-refractivity contribution in [3.63, 3.8) is 0 Å². The van der Waals surface area contributed by atoms with Gasteiger partial charge in [0.05, 0.1) is 5.69 Å². The van der Waals surface area contributed by atoms with E-state index in [1.807, 2.05) is 13.8 Å². The fraction of sp³-hybridized carbons (Fsp3) is 0.368. The van der Waals surface area contributed by atoms with Crippen LogP contribution in [0, 0.1) is 13.8 Å². The minimum Gasteiger partial charge on any atom is -0.366 e. The molecule has 0 spiro atoms. The monoisotopic (exact) mass is 418 g/mol. The summed E-state index contributed by atoms with van der Waals surface area (Å²) in [5, 5.41) is 1.72. The van der Waals surface area contributed by atoms with Crippen LogP contribution in [0.2, 0.25) is 0 Å². The molecule has 148 valence electrons. The molecule has 0 bridgehead atoms. The summed E-state index contributed by atoms with van der Waals surface area (Å²) in [5.41, 5.74) is 1.98. The lowest BCUT2D eigenvalue weighted by Gasteiger charge is -2.40. The van der Waals surface area contributed by atoms with Gasteiger partial charge in [0, 0.05) is 42.9 Å². The summed E-state index contributed by atoms with van der Waals surface area (Å²) < 4.78 is 29.3. The number of thiazole rings is 1. The molecule has 0 amide bonds. The Bertz CT molecular complexity index is 1180. The van der Waals surface area contributed by atoms with Crippen molar-refractivity contribution >= 4 is 32.0 Å². The maximum Gasteiger partial charge on any atom is 0.279 e. The number of piperazine rings is 1. The molecule has 2 aromatic heterocycles. The number of hydrogen-bond donors (Lipinski definition) is 0. The van der Waals surface area contributed by atoms with Crippen molar-refractivity contribution in [1.82, 2.24) is 13.7 Å². The van der Waals surface area contributed by atoms with Gasteiger partial charge in [0.25, 0.3) is 15.6 Å². The van der Waals surface area contributed by atoms with Crippen LogP contribution in [0.3, 0.4) is 0 Å². The largest absolute Gasteiger partial charge is 0.366 e. The third-order valence-electron chi connectivity index (χ3n) is 5.15. The van der Waals surface area contributed by atoms with Gasteiger partial charge in [-0.2, -0.15) is 4.31 Å². The fourth-order valence-electron chi connectivity index (χ4n) is 3.65. The highest BCUT2D eigenvalue weighted by atomic mass is 32.2. The van der Waals surface area contributed by atoms with Gasteiger partial charge in [-0.25, -0.2) is 13.4 Å². The van der Waals surface area contributed by atoms with Gasteiger partial charge >= 0.3 is 0 Å². The van der Waals surface area contributed by atoms with E-state index >= 15 is 0 Å². The molecule has 0 N–H and O–H groups in total. The van der Waals surface area contributed by atoms with E-state index in [4.69, 9.17) is 0 Å². The fourth-order valence-corrected chi connectivity index (χ4v) is 6.14. The Labute approximate surface area is 167 Å². The highest BCUT2D eigenvalue weighted by Crippen LogP contribution is 2.25. The molecule has 1 aliphatic heterocycles. The molecule has 28 heavy (non-hydrogen) atoms. The lowest BCUT2D eigenvalue weighted by Crippen LogP contribution is -2.54. The van der Waals surface area contributed by atoms with Crippen molar-refractivity contribution in [1.29, 1.82) is 0 Å². The number of fused-ring (bicyclic) bond motifs is 1. The van der Waals surface area contributed by atoms with Crippen molar-refractivity contribution in [2.45, 2.75) is 31.7 Å². The van der Waals surface area contributed by atoms with E-state index in [-0.39, 0.29) is 16.6 Å². The Morgan fingerprint density at radius 2 is 1.86 bits per heavy atom. The lowest BCUT2D eigenvalue weighted by molar-refractivity contribution is 0.342. The van der Waals surface area contributed by atoms with Crippen LogP contribution in [0.15, 0.2) is 45.5 Å². The van der Waals surface area contributed by atoms with Crippen molar-refractivity contribution < 1.29 is 8.42 Å². The van der Waals surface area contributed by atoms with Crippen LogP contribution in [0.5, 0.6) is 0 Å². The second-order valence-electron chi connectivity index (χ2n) is 7.13. The van der Waals surface area contributed by atoms with Crippen LogP contribution in [-0.2, 0) is 10.0 Å². The number of hydrogen-bond acceptors (Lipinski definition) is 6. The third kappa shape index (κ3) is 3.13. The number of anilines is 1. The van der Waals surface area contributed by atoms with Gasteiger partial charge in [-0.15, -0.1) is 11.3 Å². The Hall–Kier alpha value is -2.23. The standard InChI is InChI=1S/C19H22N4O3S2/c1-13-4-6-16(7-5-13)22-9-8-21(12-14(22)2)28(25,26)17-15(3)20-19-23(18(17)24)10-11-27-19/h4-7,10-11,14H,8-9,12H2,1-3H3/t14-/m0/s1. The zero-order valence-corrected chi connectivity index (χ0v) is 17.6. The molecule has 0 aliphatic carbocycles. The predicted octanol–water partition coefficient (Wildman–Crippen LogP) is 2.27. The molecule has 0 radical (unpaired) electrons. The Kier molecular flexibility index (Phi) is 4.76. The number of nitrogens with zero attached hydrogens (tertiary/aromatic N) is 4. The topological polar surface area (TPSA) is 75.0 Å². The second kappa shape index (κ2) is 6.98. The van der Waals surface area contributed by atoms with E-state index in [0.29, 0.717) is 24.6 Å². The molecule has 0 unspecified atom stereocenters. The normalized spacial score (nSPS) is 18.7. The molecule has 9 heteroatoms. The van der Waals surface area contributed by atoms with Crippen LogP contribution < -0.4 is 10.5 Å². The molecule has 1 aromatic carbocycles. The van der Waals surface area contributed by atoms with Gasteiger partial charge < -0.3 is 4.90 Å². The zero-order chi connectivity index (χ0) is 20.1. The van der Waals surface area contributed by atoms with Crippen molar-refractivity contribution in [3.05, 3.63) is 57.5 Å². The first-order chi connectivity index (χ1) is 13.3. The van der Waals surface area contributed by atoms with Gasteiger partial charge in [0.1, 0.15) is 0 Å². The van der Waals surface area contributed by atoms with Crippen LogP contribution in [0.1, 0.15) is 18.2 Å². The van der Waals surface area contributed by atoms with E-state index in [0.717, 1.165) is 5.69 Å². The number of aromatic nitrogens is 2. The zero-order valence-electron chi connectivity index (χ0n) is 16.0. The van der Waals surface area contributed by atoms with Gasteiger partial charge in [0.2, 0.25) is 0 Å². The van der Waals surface area contributed by atoms with Crippen LogP contribution in [0.25, 0.3) is 4.96 Å². The maximum absolute atomic E-state index is 13.3. The first-order valence-electron chi connectivity index (χ1n) is 9.09. The molecule has 1 fully saturated rings. The van der Waals surface area contributed by atoms with E-state index in [1.54, 1.807) is 18.5 Å². The van der Waals surface area contributed by atoms with Crippen LogP contribution in [-0.4, -0.2) is 47.8 Å². The van der Waals surface area contributed by atoms with E-state index < -0.39 is 15.6 Å². The molecule has 1 aliphatic rings. The summed E-state index contributed by atoms with van der Waals surface area (Å²) >= 11 is 1.31. The maximum atomic E-state index is 13.3. The number of benzene rings is 1. The van der Waals surface area contributed by atoms with Crippen molar-refractivity contribution in [2.75, 3.05) is 24.5 Å². The predicted molar refractivity (Wildman–Crippen MR) is 111 cm³/mol. The smallest absolute Gasteiger partial charge is 0.279 e. The lowest BCUT2D eigenvalue weighted by atomic mass is 10.1. The summed E-state index contributed by atoms with van der Waals surface area (Å²) in [6.45, 7) is 6.84. The van der Waals surface area contributed by atoms with E-state index in [1.165, 1.54) is 25.6 Å². The van der Waals surface area contributed by atoms with Crippen molar-refractivity contribution in [2.24, 2.45) is 0 Å². The Balaban J connectivity index is 1.65. The summed E-state index contributed by atoms with van der Waals surface area (Å²) in [6.07, 6.45) is 1.56. The van der Waals surface area contributed by atoms with Crippen molar-refractivity contribution in [3.8, 4) is 0 Å². The third-order valence-corrected chi connectivity index (χ3v) is 7.90. The SMILES string of the molecule is Cc1ccc(N2CCN(S(=O)(=O)c3c(C)nc4sccn4c3=O)C[C@@H]2C)cc1. The number of rotatable bonds is 3. The molecule has 1 saturated heterocycles. The Morgan fingerprint density at radius 1 is 1.14 bits per heavy atom. The Morgan fingerprint density at radius 3 is 2.54 bits per heavy atom. The molecule has 3 aromatic rings. The number of aryl methyl sites for hydroxylation is 2. The summed E-state index contributed by atoms with van der Waals surface area (Å²) in [6, 6.07) is 8.21. The first-order valence-corrected chi connectivity index (χ1v) is 11.4. The summed E-state index contributed by atoms with van der Waals surface area (Å²) in [5.74, 6) is 0. The van der Waals surface area contributed by atoms with Gasteiger partial charge in [0.15, 0.2) is 9.86 Å². The van der Waals surface area contributed by atoms with Gasteiger partial charge in [-0.05, 0) is 32.9 Å². The molecule has 1 atom stereocenters. The van der Waals surface area contributed by atoms with Gasteiger partial charge in [-0.1, -0.05) is 17.7 Å². The van der Waals surface area contributed by atoms with E-state index in [2.05, 4.69) is 34.1 Å². The minimum atomic E-state index is -3.92. The molecule has 7 nitrogen and oxygen atoms in total. The summed E-state index contributed by atoms with van der Waals surface area (Å²) in [4.78, 5) is 19.6. The average Bonchev–Trinajstić information content (AvgIpc) is 3.11. The molecule has 4 rings (SSSR count). The highest BCUT2D eigenvalue weighted by Gasteiger charge is 2.35. The van der Waals surface area contributed by atoms with Crippen LogP contribution >= 0.6 is 11.3 Å². The summed E-state index contributed by atoms with van der Waals surface area (Å²) in [7, 11) is -3.92. The van der Waals surface area contributed by atoms with E-state index in [9.17, 15) is 13.2 Å². The quantitative estimate of drug-likeness (QED) is 0.652.